The maximum Gasteiger partial charge on any atom is 0.266 e. The summed E-state index contributed by atoms with van der Waals surface area (Å²) < 4.78 is 7.16. The Morgan fingerprint density at radius 1 is 1.37 bits per heavy atom. The van der Waals surface area contributed by atoms with Crippen LogP contribution in [0.2, 0.25) is 5.02 Å². The van der Waals surface area contributed by atoms with Gasteiger partial charge in [0.15, 0.2) is 5.65 Å². The zero-order valence-corrected chi connectivity index (χ0v) is 17.3. The Balaban J connectivity index is 1.53. The highest BCUT2D eigenvalue weighted by Crippen LogP contribution is 2.39. The summed E-state index contributed by atoms with van der Waals surface area (Å²) in [6.07, 6.45) is 3.34. The van der Waals surface area contributed by atoms with Crippen LogP contribution in [0.25, 0.3) is 22.3 Å². The first kappa shape index (κ1) is 19.3. The molecule has 2 aliphatic rings. The number of nitrogens with one attached hydrogen (secondary N) is 1. The molecule has 0 bridgehead atoms. The predicted molar refractivity (Wildman–Crippen MR) is 114 cm³/mol. The summed E-state index contributed by atoms with van der Waals surface area (Å²) in [4.78, 5) is 24.0. The topological polar surface area (TPSA) is 141 Å². The van der Waals surface area contributed by atoms with E-state index in [-0.39, 0.29) is 27.9 Å². The van der Waals surface area contributed by atoms with E-state index in [0.717, 1.165) is 25.9 Å². The van der Waals surface area contributed by atoms with Gasteiger partial charge in [0.1, 0.15) is 11.2 Å². The third kappa shape index (κ3) is 2.78. The fraction of sp³-hybridized carbons (Fsp3) is 0.474. The lowest BCUT2D eigenvalue weighted by Crippen LogP contribution is -2.50. The van der Waals surface area contributed by atoms with Gasteiger partial charge in [-0.15, -0.1) is 0 Å². The number of rotatable bonds is 2. The van der Waals surface area contributed by atoms with Crippen molar-refractivity contribution >= 4 is 34.4 Å². The molecule has 0 saturated carbocycles. The maximum absolute atomic E-state index is 13.3. The number of pyridine rings is 1. The lowest BCUT2D eigenvalue weighted by molar-refractivity contribution is 0.131. The number of hydrogen-bond acceptors (Lipinski definition) is 8. The maximum atomic E-state index is 13.3. The average molecular weight is 431 g/mol. The minimum Gasteiger partial charge on any atom is -0.382 e. The van der Waals surface area contributed by atoms with Crippen LogP contribution in [0.15, 0.2) is 17.1 Å². The highest BCUT2D eigenvalue weighted by atomic mass is 35.5. The first-order valence-corrected chi connectivity index (χ1v) is 10.2. The molecule has 0 radical (unpaired) electrons. The van der Waals surface area contributed by atoms with Crippen molar-refractivity contribution in [2.45, 2.75) is 18.9 Å². The number of anilines is 2. The van der Waals surface area contributed by atoms with E-state index in [4.69, 9.17) is 27.8 Å². The van der Waals surface area contributed by atoms with E-state index < -0.39 is 0 Å². The number of piperidine rings is 1. The fourth-order valence-corrected chi connectivity index (χ4v) is 4.72. The number of fused-ring (bicyclic) bond motifs is 1. The number of ether oxygens (including phenoxy) is 1. The number of aromatic amines is 1. The lowest BCUT2D eigenvalue weighted by Gasteiger charge is -2.41. The zero-order valence-electron chi connectivity index (χ0n) is 16.6. The van der Waals surface area contributed by atoms with Crippen LogP contribution in [0.3, 0.4) is 0 Å². The van der Waals surface area contributed by atoms with Gasteiger partial charge in [-0.2, -0.15) is 10.1 Å². The second-order valence-corrected chi connectivity index (χ2v) is 8.48. The van der Waals surface area contributed by atoms with Crippen LogP contribution in [-0.2, 0) is 11.8 Å². The third-order valence-corrected chi connectivity index (χ3v) is 6.87. The Morgan fingerprint density at radius 2 is 2.13 bits per heavy atom. The second-order valence-electron chi connectivity index (χ2n) is 8.10. The highest BCUT2D eigenvalue weighted by Gasteiger charge is 2.44. The first-order chi connectivity index (χ1) is 14.4. The van der Waals surface area contributed by atoms with Crippen molar-refractivity contribution in [1.29, 1.82) is 0 Å². The summed E-state index contributed by atoms with van der Waals surface area (Å²) in [5.74, 6) is 0.780. The van der Waals surface area contributed by atoms with Crippen molar-refractivity contribution in [3.05, 3.63) is 27.6 Å². The summed E-state index contributed by atoms with van der Waals surface area (Å²) in [6.45, 7) is 2.83. The van der Waals surface area contributed by atoms with E-state index in [1.54, 1.807) is 17.7 Å². The first-order valence-electron chi connectivity index (χ1n) is 9.85. The second kappa shape index (κ2) is 6.93. The van der Waals surface area contributed by atoms with Gasteiger partial charge in [-0.25, -0.2) is 4.98 Å². The standard InChI is InChI=1S/C19H23ClN8O2/c1-27-17(29)12-14(10-2-5-23-15(22)13(10)20)25-26-16(12)24-18(27)28-6-3-19(4-7-28)9-30-8-11(19)21/h2,5,11H,3-4,6-9,21H2,1H3,(H2,22,23)(H,25,26)/t11-/m1/s1. The molecule has 11 heteroatoms. The van der Waals surface area contributed by atoms with E-state index in [1.807, 2.05) is 0 Å². The molecule has 5 N–H and O–H groups in total. The fourth-order valence-electron chi connectivity index (χ4n) is 4.52. The SMILES string of the molecule is Cn1c(N2CCC3(CC2)COC[C@H]3N)nc2n[nH]c(-c3ccnc(N)c3Cl)c2c1=O. The number of nitrogens with zero attached hydrogens (tertiary/aromatic N) is 5. The molecule has 2 aliphatic heterocycles. The van der Waals surface area contributed by atoms with Crippen molar-refractivity contribution in [2.24, 2.45) is 18.2 Å². The molecule has 1 spiro atoms. The number of hydrogen-bond donors (Lipinski definition) is 3. The summed E-state index contributed by atoms with van der Waals surface area (Å²) in [6, 6.07) is 1.75. The van der Waals surface area contributed by atoms with Gasteiger partial charge in [0, 0.05) is 43.4 Å². The molecule has 5 rings (SSSR count). The van der Waals surface area contributed by atoms with Gasteiger partial charge in [0.05, 0.1) is 23.9 Å². The quantitative estimate of drug-likeness (QED) is 0.544. The molecule has 30 heavy (non-hydrogen) atoms. The Labute approximate surface area is 177 Å². The van der Waals surface area contributed by atoms with Crippen LogP contribution in [0, 0.1) is 5.41 Å². The molecule has 0 aliphatic carbocycles. The average Bonchev–Trinajstić information content (AvgIpc) is 3.32. The predicted octanol–water partition coefficient (Wildman–Crippen LogP) is 0.898. The van der Waals surface area contributed by atoms with Crippen LogP contribution in [0.1, 0.15) is 12.8 Å². The molecule has 3 aromatic heterocycles. The summed E-state index contributed by atoms with van der Waals surface area (Å²) in [5, 5.41) is 7.80. The van der Waals surface area contributed by atoms with Crippen molar-refractivity contribution < 1.29 is 4.74 Å². The van der Waals surface area contributed by atoms with E-state index in [9.17, 15) is 4.79 Å². The minimum absolute atomic E-state index is 0.0248. The Hall–Kier alpha value is -2.69. The molecule has 2 fully saturated rings. The van der Waals surface area contributed by atoms with Gasteiger partial charge < -0.3 is 21.1 Å². The Bertz CT molecular complexity index is 1180. The van der Waals surface area contributed by atoms with Crippen LogP contribution in [0.5, 0.6) is 0 Å². The van der Waals surface area contributed by atoms with Gasteiger partial charge in [0.25, 0.3) is 5.56 Å². The smallest absolute Gasteiger partial charge is 0.266 e. The van der Waals surface area contributed by atoms with Crippen LogP contribution in [-0.4, -0.2) is 57.1 Å². The summed E-state index contributed by atoms with van der Waals surface area (Å²) in [5.41, 5.74) is 13.3. The monoisotopic (exact) mass is 430 g/mol. The van der Waals surface area contributed by atoms with Crippen molar-refractivity contribution in [1.82, 2.24) is 24.7 Å². The van der Waals surface area contributed by atoms with E-state index in [1.165, 1.54) is 6.20 Å². The van der Waals surface area contributed by atoms with Gasteiger partial charge in [0.2, 0.25) is 5.95 Å². The van der Waals surface area contributed by atoms with Gasteiger partial charge in [-0.05, 0) is 18.9 Å². The van der Waals surface area contributed by atoms with Crippen molar-refractivity contribution in [2.75, 3.05) is 36.9 Å². The van der Waals surface area contributed by atoms with Crippen LogP contribution >= 0.6 is 11.6 Å². The highest BCUT2D eigenvalue weighted by molar-refractivity contribution is 6.35. The number of nitrogens with two attached hydrogens (primary N) is 2. The third-order valence-electron chi connectivity index (χ3n) is 6.47. The molecular formula is C19H23ClN8O2. The molecular weight excluding hydrogens is 408 g/mol. The molecule has 5 heterocycles. The van der Waals surface area contributed by atoms with E-state index >= 15 is 0 Å². The van der Waals surface area contributed by atoms with E-state index in [2.05, 4.69) is 25.1 Å². The molecule has 0 aromatic carbocycles. The molecule has 0 unspecified atom stereocenters. The Morgan fingerprint density at radius 3 is 2.83 bits per heavy atom. The largest absolute Gasteiger partial charge is 0.382 e. The van der Waals surface area contributed by atoms with Gasteiger partial charge in [-0.1, -0.05) is 11.6 Å². The van der Waals surface area contributed by atoms with Gasteiger partial charge >= 0.3 is 0 Å². The van der Waals surface area contributed by atoms with Crippen molar-refractivity contribution in [3.63, 3.8) is 0 Å². The summed E-state index contributed by atoms with van der Waals surface area (Å²) >= 11 is 6.31. The number of aromatic nitrogens is 5. The molecule has 2 saturated heterocycles. The molecule has 0 amide bonds. The van der Waals surface area contributed by atoms with Gasteiger partial charge in [-0.3, -0.25) is 14.5 Å². The Kier molecular flexibility index (Phi) is 4.46. The number of H-pyrrole nitrogens is 1. The number of nitrogen functional groups attached to an aromatic ring is 1. The normalized spacial score (nSPS) is 21.0. The molecule has 158 valence electrons. The zero-order chi connectivity index (χ0) is 21.0. The van der Waals surface area contributed by atoms with Crippen LogP contribution in [0.4, 0.5) is 11.8 Å². The molecule has 1 atom stereocenters. The molecule has 10 nitrogen and oxygen atoms in total. The number of halogens is 1. The lowest BCUT2D eigenvalue weighted by atomic mass is 9.75. The van der Waals surface area contributed by atoms with E-state index in [0.29, 0.717) is 41.5 Å². The molecule has 3 aromatic rings. The summed E-state index contributed by atoms with van der Waals surface area (Å²) in [7, 11) is 1.72. The van der Waals surface area contributed by atoms with Crippen molar-refractivity contribution in [3.8, 4) is 11.3 Å². The minimum atomic E-state index is -0.202. The van der Waals surface area contributed by atoms with Crippen LogP contribution < -0.4 is 21.9 Å².